The minimum Gasteiger partial charge on any atom is -0.356 e. The van der Waals surface area contributed by atoms with Crippen LogP contribution in [0.15, 0.2) is 23.3 Å². The van der Waals surface area contributed by atoms with Gasteiger partial charge in [0.2, 0.25) is 0 Å². The third kappa shape index (κ3) is 6.55. The van der Waals surface area contributed by atoms with Gasteiger partial charge < -0.3 is 20.1 Å². The summed E-state index contributed by atoms with van der Waals surface area (Å²) in [6.07, 6.45) is 10.9. The third-order valence-corrected chi connectivity index (χ3v) is 6.33. The van der Waals surface area contributed by atoms with Crippen molar-refractivity contribution in [1.82, 2.24) is 30.4 Å². The summed E-state index contributed by atoms with van der Waals surface area (Å²) in [7, 11) is 1.85. The summed E-state index contributed by atoms with van der Waals surface area (Å²) in [4.78, 5) is 11.4. The second kappa shape index (κ2) is 12.4. The first-order chi connectivity index (χ1) is 15.2. The van der Waals surface area contributed by atoms with E-state index < -0.39 is 0 Å². The number of aliphatic imine (C=N–C) groups is 1. The van der Waals surface area contributed by atoms with Gasteiger partial charge in [0.15, 0.2) is 5.96 Å². The Labute approximate surface area is 208 Å². The molecule has 2 aromatic rings. The summed E-state index contributed by atoms with van der Waals surface area (Å²) < 4.78 is 2.34. The molecule has 0 radical (unpaired) electrons. The van der Waals surface area contributed by atoms with E-state index >= 15 is 0 Å². The summed E-state index contributed by atoms with van der Waals surface area (Å²) in [5, 5.41) is 15.9. The molecule has 9 heteroatoms. The van der Waals surface area contributed by atoms with E-state index in [4.69, 9.17) is 0 Å². The molecule has 8 nitrogen and oxygen atoms in total. The van der Waals surface area contributed by atoms with Crippen molar-refractivity contribution in [2.45, 2.75) is 70.9 Å². The van der Waals surface area contributed by atoms with Gasteiger partial charge in [-0.25, -0.2) is 4.98 Å². The Kier molecular flexibility index (Phi) is 9.55. The Balaban J connectivity index is 0.00000289. The first-order valence-electron chi connectivity index (χ1n) is 11.8. The topological polar surface area (TPSA) is 83.3 Å². The molecule has 0 spiro atoms. The van der Waals surface area contributed by atoms with Crippen molar-refractivity contribution in [3.8, 4) is 0 Å². The Bertz CT molecular complexity index is 855. The fourth-order valence-corrected chi connectivity index (χ4v) is 4.47. The Morgan fingerprint density at radius 3 is 2.72 bits per heavy atom. The normalized spacial score (nSPS) is 17.3. The van der Waals surface area contributed by atoms with Gasteiger partial charge in [0.1, 0.15) is 17.5 Å². The zero-order valence-electron chi connectivity index (χ0n) is 19.4. The molecule has 2 aliphatic rings. The van der Waals surface area contributed by atoms with E-state index in [0.29, 0.717) is 6.04 Å². The Hall–Kier alpha value is -1.91. The zero-order chi connectivity index (χ0) is 21.5. The molecule has 0 aromatic carbocycles. The molecule has 32 heavy (non-hydrogen) atoms. The molecule has 1 saturated heterocycles. The van der Waals surface area contributed by atoms with E-state index in [9.17, 15) is 0 Å². The van der Waals surface area contributed by atoms with E-state index in [2.05, 4.69) is 59.3 Å². The van der Waals surface area contributed by atoms with Gasteiger partial charge in [0.05, 0.1) is 0 Å². The number of aryl methyl sites for hydroxylation is 3. The average molecular weight is 553 g/mol. The number of guanidine groups is 1. The summed E-state index contributed by atoms with van der Waals surface area (Å²) in [5.74, 6) is 4.29. The van der Waals surface area contributed by atoms with Crippen LogP contribution in [0.25, 0.3) is 0 Å². The van der Waals surface area contributed by atoms with Crippen LogP contribution in [0.1, 0.15) is 55.7 Å². The van der Waals surface area contributed by atoms with Gasteiger partial charge in [0, 0.05) is 58.3 Å². The van der Waals surface area contributed by atoms with Gasteiger partial charge >= 0.3 is 0 Å². The lowest BCUT2D eigenvalue weighted by molar-refractivity contribution is 0.459. The van der Waals surface area contributed by atoms with Crippen LogP contribution in [0.5, 0.6) is 0 Å². The standard InChI is InChI=1S/C23H36N8.HI/c1-18-9-10-20(26-17-18)30-15-11-19(12-16-30)27-23(24-2)25-13-6-8-22-29-28-21-7-4-3-5-14-31(21)22;/h9-10,17,19H,3-8,11-16H2,1-2H3,(H2,24,25,27);1H. The van der Waals surface area contributed by atoms with E-state index in [1.54, 1.807) is 0 Å². The average Bonchev–Trinajstić information content (AvgIpc) is 3.02. The monoisotopic (exact) mass is 552 g/mol. The fraction of sp³-hybridized carbons (Fsp3) is 0.652. The molecule has 0 unspecified atom stereocenters. The van der Waals surface area contributed by atoms with Crippen LogP contribution < -0.4 is 15.5 Å². The number of pyridine rings is 1. The Morgan fingerprint density at radius 1 is 1.12 bits per heavy atom. The van der Waals surface area contributed by atoms with Crippen LogP contribution >= 0.6 is 24.0 Å². The van der Waals surface area contributed by atoms with E-state index in [1.807, 2.05) is 13.2 Å². The molecular weight excluding hydrogens is 515 g/mol. The maximum absolute atomic E-state index is 4.57. The zero-order valence-corrected chi connectivity index (χ0v) is 21.7. The molecule has 2 N–H and O–H groups in total. The highest BCUT2D eigenvalue weighted by Gasteiger charge is 2.21. The molecular formula is C23H37IN8. The maximum Gasteiger partial charge on any atom is 0.191 e. The largest absolute Gasteiger partial charge is 0.356 e. The number of hydrogen-bond acceptors (Lipinski definition) is 5. The molecule has 2 aromatic heterocycles. The molecule has 4 heterocycles. The first kappa shape index (κ1) is 24.7. The number of aromatic nitrogens is 4. The van der Waals surface area contributed by atoms with Crippen molar-refractivity contribution in [2.24, 2.45) is 4.99 Å². The van der Waals surface area contributed by atoms with Crippen molar-refractivity contribution in [2.75, 3.05) is 31.6 Å². The van der Waals surface area contributed by atoms with E-state index in [1.165, 1.54) is 30.7 Å². The van der Waals surface area contributed by atoms with E-state index in [-0.39, 0.29) is 24.0 Å². The minimum atomic E-state index is 0. The van der Waals surface area contributed by atoms with Crippen molar-refractivity contribution in [3.63, 3.8) is 0 Å². The van der Waals surface area contributed by atoms with Crippen molar-refractivity contribution >= 4 is 35.8 Å². The number of rotatable bonds is 6. The third-order valence-electron chi connectivity index (χ3n) is 6.33. The summed E-state index contributed by atoms with van der Waals surface area (Å²) in [6.45, 7) is 6.07. The fourth-order valence-electron chi connectivity index (χ4n) is 4.47. The second-order valence-electron chi connectivity index (χ2n) is 8.70. The Morgan fingerprint density at radius 2 is 1.97 bits per heavy atom. The molecule has 0 aliphatic carbocycles. The van der Waals surface area contributed by atoms with Gasteiger partial charge in [-0.1, -0.05) is 12.5 Å². The molecule has 0 bridgehead atoms. The maximum atomic E-state index is 4.57. The van der Waals surface area contributed by atoms with Crippen LogP contribution in [-0.4, -0.2) is 58.4 Å². The molecule has 2 aliphatic heterocycles. The molecule has 4 rings (SSSR count). The predicted octanol–water partition coefficient (Wildman–Crippen LogP) is 3.09. The summed E-state index contributed by atoms with van der Waals surface area (Å²) in [6, 6.07) is 4.70. The quantitative estimate of drug-likeness (QED) is 0.248. The summed E-state index contributed by atoms with van der Waals surface area (Å²) >= 11 is 0. The van der Waals surface area contributed by atoms with Crippen LogP contribution in [-0.2, 0) is 19.4 Å². The van der Waals surface area contributed by atoms with Gasteiger partial charge in [-0.3, -0.25) is 4.99 Å². The van der Waals surface area contributed by atoms with Gasteiger partial charge in [0.25, 0.3) is 0 Å². The van der Waals surface area contributed by atoms with Gasteiger partial charge in [-0.05, 0) is 50.7 Å². The predicted molar refractivity (Wildman–Crippen MR) is 140 cm³/mol. The molecule has 0 amide bonds. The number of halogens is 1. The highest BCUT2D eigenvalue weighted by atomic mass is 127. The van der Waals surface area contributed by atoms with Gasteiger partial charge in [-0.2, -0.15) is 0 Å². The molecule has 0 atom stereocenters. The lowest BCUT2D eigenvalue weighted by atomic mass is 10.1. The number of nitrogens with zero attached hydrogens (tertiary/aromatic N) is 6. The minimum absolute atomic E-state index is 0. The molecule has 0 saturated carbocycles. The number of anilines is 1. The van der Waals surface area contributed by atoms with Gasteiger partial charge in [-0.15, -0.1) is 34.2 Å². The lowest BCUT2D eigenvalue weighted by Crippen LogP contribution is -2.49. The SMILES string of the molecule is CN=C(NCCCc1nnc2n1CCCCC2)NC1CCN(c2ccc(C)cn2)CC1.I. The molecule has 176 valence electrons. The van der Waals surface area contributed by atoms with Crippen LogP contribution in [0, 0.1) is 6.92 Å². The van der Waals surface area contributed by atoms with Crippen molar-refractivity contribution in [1.29, 1.82) is 0 Å². The van der Waals surface area contributed by atoms with E-state index in [0.717, 1.165) is 75.9 Å². The number of hydrogen-bond donors (Lipinski definition) is 2. The van der Waals surface area contributed by atoms with Crippen LogP contribution in [0.3, 0.4) is 0 Å². The smallest absolute Gasteiger partial charge is 0.191 e. The van der Waals surface area contributed by atoms with Crippen LogP contribution in [0.2, 0.25) is 0 Å². The first-order valence-corrected chi connectivity index (χ1v) is 11.8. The number of nitrogens with one attached hydrogen (secondary N) is 2. The highest BCUT2D eigenvalue weighted by Crippen LogP contribution is 2.18. The lowest BCUT2D eigenvalue weighted by Gasteiger charge is -2.33. The number of piperidine rings is 1. The van der Waals surface area contributed by atoms with Crippen molar-refractivity contribution in [3.05, 3.63) is 35.5 Å². The highest BCUT2D eigenvalue weighted by molar-refractivity contribution is 14.0. The summed E-state index contributed by atoms with van der Waals surface area (Å²) in [5.41, 5.74) is 1.20. The molecule has 1 fully saturated rings. The van der Waals surface area contributed by atoms with Crippen molar-refractivity contribution < 1.29 is 0 Å². The van der Waals surface area contributed by atoms with Crippen LogP contribution in [0.4, 0.5) is 5.82 Å². The second-order valence-corrected chi connectivity index (χ2v) is 8.70. The number of fused-ring (bicyclic) bond motifs is 1.